The maximum atomic E-state index is 13.7. The molecule has 4 rings (SSSR count). The van der Waals surface area contributed by atoms with Crippen molar-refractivity contribution in [3.63, 3.8) is 0 Å². The highest BCUT2D eigenvalue weighted by Gasteiger charge is 2.55. The van der Waals surface area contributed by atoms with Gasteiger partial charge in [0.1, 0.15) is 5.82 Å². The number of aliphatic hydroxyl groups excluding tert-OH is 1. The summed E-state index contributed by atoms with van der Waals surface area (Å²) in [5.41, 5.74) is 1.57. The van der Waals surface area contributed by atoms with E-state index in [4.69, 9.17) is 0 Å². The SMILES string of the molecule is CCN1[C@@H]2c3ccc(-c4cccc(F)c4)c(=O)n3C[C@H]1[C@H](CO)[C@H]2C(=O)N(C)C. The summed E-state index contributed by atoms with van der Waals surface area (Å²) >= 11 is 0. The first kappa shape index (κ1) is 19.8. The van der Waals surface area contributed by atoms with Gasteiger partial charge in [-0.3, -0.25) is 14.5 Å². The highest BCUT2D eigenvalue weighted by Crippen LogP contribution is 2.48. The maximum absolute atomic E-state index is 13.7. The number of aliphatic hydroxyl groups is 1. The number of aromatic nitrogens is 1. The number of rotatable bonds is 4. The Morgan fingerprint density at radius 3 is 2.66 bits per heavy atom. The number of nitrogens with zero attached hydrogens (tertiary/aromatic N) is 3. The molecule has 0 spiro atoms. The van der Waals surface area contributed by atoms with Crippen LogP contribution in [0, 0.1) is 17.7 Å². The highest BCUT2D eigenvalue weighted by atomic mass is 19.1. The van der Waals surface area contributed by atoms with Crippen LogP contribution in [0.25, 0.3) is 11.1 Å². The fourth-order valence-electron chi connectivity index (χ4n) is 5.11. The van der Waals surface area contributed by atoms with Crippen molar-refractivity contribution in [1.29, 1.82) is 0 Å². The first-order valence-corrected chi connectivity index (χ1v) is 9.96. The minimum absolute atomic E-state index is 0.0369. The van der Waals surface area contributed by atoms with Crippen LogP contribution in [0.4, 0.5) is 4.39 Å². The molecule has 0 unspecified atom stereocenters. The summed E-state index contributed by atoms with van der Waals surface area (Å²) < 4.78 is 15.4. The summed E-state index contributed by atoms with van der Waals surface area (Å²) in [5.74, 6) is -1.08. The number of fused-ring (bicyclic) bond motifs is 4. The second-order valence-corrected chi connectivity index (χ2v) is 8.05. The molecule has 0 radical (unpaired) electrons. The number of pyridine rings is 1. The second kappa shape index (κ2) is 7.39. The van der Waals surface area contributed by atoms with Gasteiger partial charge in [0.05, 0.1) is 12.0 Å². The van der Waals surface area contributed by atoms with E-state index in [9.17, 15) is 19.1 Å². The summed E-state index contributed by atoms with van der Waals surface area (Å²) in [4.78, 5) is 30.1. The van der Waals surface area contributed by atoms with Crippen molar-refractivity contribution >= 4 is 5.91 Å². The van der Waals surface area contributed by atoms with Crippen LogP contribution in [-0.2, 0) is 11.3 Å². The number of halogens is 1. The Morgan fingerprint density at radius 1 is 1.28 bits per heavy atom. The van der Waals surface area contributed by atoms with Gasteiger partial charge in [0.25, 0.3) is 5.56 Å². The molecule has 2 bridgehead atoms. The van der Waals surface area contributed by atoms with E-state index in [1.54, 1.807) is 41.8 Å². The van der Waals surface area contributed by atoms with Crippen molar-refractivity contribution in [1.82, 2.24) is 14.4 Å². The van der Waals surface area contributed by atoms with E-state index in [2.05, 4.69) is 4.90 Å². The van der Waals surface area contributed by atoms with Crippen molar-refractivity contribution < 1.29 is 14.3 Å². The van der Waals surface area contributed by atoms with Gasteiger partial charge in [-0.05, 0) is 36.4 Å². The molecule has 154 valence electrons. The van der Waals surface area contributed by atoms with Crippen molar-refractivity contribution in [3.8, 4) is 11.1 Å². The molecule has 2 aromatic rings. The monoisotopic (exact) mass is 399 g/mol. The molecule has 2 aliphatic heterocycles. The minimum Gasteiger partial charge on any atom is -0.396 e. The van der Waals surface area contributed by atoms with Crippen LogP contribution in [0.15, 0.2) is 41.2 Å². The normalized spacial score (nSPS) is 25.7. The lowest BCUT2D eigenvalue weighted by Gasteiger charge is -2.37. The molecule has 1 aromatic heterocycles. The van der Waals surface area contributed by atoms with Crippen molar-refractivity contribution in [2.75, 3.05) is 27.2 Å². The molecule has 3 heterocycles. The van der Waals surface area contributed by atoms with Gasteiger partial charge in [0.2, 0.25) is 5.91 Å². The van der Waals surface area contributed by atoms with Gasteiger partial charge in [-0.1, -0.05) is 19.1 Å². The third kappa shape index (κ3) is 3.00. The molecule has 1 amide bonds. The third-order valence-corrected chi connectivity index (χ3v) is 6.40. The number of carbonyl (C=O) groups excluding carboxylic acids is 1. The van der Waals surface area contributed by atoms with Crippen LogP contribution in [0.1, 0.15) is 18.7 Å². The fourth-order valence-corrected chi connectivity index (χ4v) is 5.11. The van der Waals surface area contributed by atoms with Crippen molar-refractivity contribution in [2.24, 2.45) is 11.8 Å². The van der Waals surface area contributed by atoms with Crippen LogP contribution in [-0.4, -0.2) is 58.7 Å². The van der Waals surface area contributed by atoms with Gasteiger partial charge in [0.15, 0.2) is 0 Å². The molecular weight excluding hydrogens is 373 g/mol. The summed E-state index contributed by atoms with van der Waals surface area (Å²) in [6, 6.07) is 9.25. The van der Waals surface area contributed by atoms with Gasteiger partial charge in [-0.2, -0.15) is 0 Å². The average Bonchev–Trinajstić information content (AvgIpc) is 2.93. The van der Waals surface area contributed by atoms with Crippen molar-refractivity contribution in [2.45, 2.75) is 25.6 Å². The van der Waals surface area contributed by atoms with Gasteiger partial charge < -0.3 is 14.6 Å². The van der Waals surface area contributed by atoms with Gasteiger partial charge in [-0.15, -0.1) is 0 Å². The molecule has 4 atom stereocenters. The van der Waals surface area contributed by atoms with Crippen molar-refractivity contribution in [3.05, 3.63) is 58.3 Å². The molecule has 0 saturated carbocycles. The zero-order chi connectivity index (χ0) is 20.9. The van der Waals surface area contributed by atoms with Crippen LogP contribution < -0.4 is 5.56 Å². The van der Waals surface area contributed by atoms with E-state index in [-0.39, 0.29) is 41.9 Å². The summed E-state index contributed by atoms with van der Waals surface area (Å²) in [5, 5.41) is 10.1. The second-order valence-electron chi connectivity index (χ2n) is 8.05. The quantitative estimate of drug-likeness (QED) is 0.850. The molecule has 2 aliphatic rings. The summed E-state index contributed by atoms with van der Waals surface area (Å²) in [7, 11) is 3.44. The zero-order valence-electron chi connectivity index (χ0n) is 16.9. The van der Waals surface area contributed by atoms with Crippen LogP contribution in [0.5, 0.6) is 0 Å². The number of carbonyl (C=O) groups is 1. The lowest BCUT2D eigenvalue weighted by atomic mass is 9.86. The topological polar surface area (TPSA) is 65.8 Å². The lowest BCUT2D eigenvalue weighted by Crippen LogP contribution is -2.46. The molecule has 1 fully saturated rings. The number of hydrogen-bond acceptors (Lipinski definition) is 4. The Hall–Kier alpha value is -2.51. The molecular formula is C22H26FN3O3. The Morgan fingerprint density at radius 2 is 2.03 bits per heavy atom. The van der Waals surface area contributed by atoms with Crippen LogP contribution in [0.3, 0.4) is 0 Å². The maximum Gasteiger partial charge on any atom is 0.258 e. The Bertz CT molecular complexity index is 1000. The van der Waals surface area contributed by atoms with E-state index < -0.39 is 5.92 Å². The van der Waals surface area contributed by atoms with Gasteiger partial charge in [0, 0.05) is 50.5 Å². The molecule has 1 saturated heterocycles. The number of benzene rings is 1. The van der Waals surface area contributed by atoms with Gasteiger partial charge in [-0.25, -0.2) is 4.39 Å². The van der Waals surface area contributed by atoms with Crippen LogP contribution >= 0.6 is 0 Å². The Kier molecular flexibility index (Phi) is 5.04. The smallest absolute Gasteiger partial charge is 0.258 e. The molecule has 29 heavy (non-hydrogen) atoms. The molecule has 1 N–H and O–H groups in total. The van der Waals surface area contributed by atoms with E-state index in [1.165, 1.54) is 12.1 Å². The molecule has 1 aromatic carbocycles. The number of amides is 1. The standard InChI is InChI=1S/C22H26FN3O3/c1-4-25-18-11-26-17(20(25)19(16(18)12-27)22(29)24(2)3)9-8-15(21(26)28)13-6-5-7-14(23)10-13/h5-10,16,18-20,27H,4,11-12H2,1-3H3/t16-,18-,19+,20+/m0/s1. The van der Waals surface area contributed by atoms with E-state index in [0.29, 0.717) is 17.7 Å². The zero-order valence-corrected chi connectivity index (χ0v) is 16.9. The highest BCUT2D eigenvalue weighted by molar-refractivity contribution is 5.80. The molecule has 7 heteroatoms. The fraction of sp³-hybridized carbons (Fsp3) is 0.455. The lowest BCUT2D eigenvalue weighted by molar-refractivity contribution is -0.135. The molecule has 6 nitrogen and oxygen atoms in total. The Balaban J connectivity index is 1.87. The van der Waals surface area contributed by atoms with E-state index >= 15 is 0 Å². The largest absolute Gasteiger partial charge is 0.396 e. The average molecular weight is 399 g/mol. The van der Waals surface area contributed by atoms with Crippen LogP contribution in [0.2, 0.25) is 0 Å². The first-order valence-electron chi connectivity index (χ1n) is 9.96. The van der Waals surface area contributed by atoms with E-state index in [1.807, 2.05) is 13.0 Å². The minimum atomic E-state index is -0.409. The molecule has 0 aliphatic carbocycles. The number of hydrogen-bond donors (Lipinski definition) is 1. The Labute approximate surface area is 169 Å². The summed E-state index contributed by atoms with van der Waals surface area (Å²) in [6.45, 7) is 3.06. The number of likely N-dealkylation sites (N-methyl/N-ethyl adjacent to an activating group) is 1. The first-order chi connectivity index (χ1) is 13.9. The summed E-state index contributed by atoms with van der Waals surface area (Å²) in [6.07, 6.45) is 0. The predicted molar refractivity (Wildman–Crippen MR) is 108 cm³/mol. The van der Waals surface area contributed by atoms with E-state index in [0.717, 1.165) is 12.2 Å². The predicted octanol–water partition coefficient (Wildman–Crippen LogP) is 1.73. The third-order valence-electron chi connectivity index (χ3n) is 6.40. The van der Waals surface area contributed by atoms with Gasteiger partial charge >= 0.3 is 0 Å².